The molecule has 2 rings (SSSR count). The number of hydrogen-bond acceptors (Lipinski definition) is 3. The lowest BCUT2D eigenvalue weighted by Gasteiger charge is -2.14. The maximum Gasteiger partial charge on any atom is 0.266 e. The molecular formula is C20H20BrN3O. The minimum Gasteiger partial charge on any atom is -0.377 e. The van der Waals surface area contributed by atoms with Crippen LogP contribution in [0.25, 0.3) is 6.08 Å². The number of carbonyl (C=O) groups excluding carboxylic acids is 1. The number of halogens is 1. The van der Waals surface area contributed by atoms with Crippen LogP contribution >= 0.6 is 15.9 Å². The van der Waals surface area contributed by atoms with E-state index in [1.165, 1.54) is 5.56 Å². The van der Waals surface area contributed by atoms with Gasteiger partial charge in [0.25, 0.3) is 5.91 Å². The molecule has 25 heavy (non-hydrogen) atoms. The number of nitriles is 1. The van der Waals surface area contributed by atoms with Crippen LogP contribution in [0.4, 0.5) is 11.4 Å². The van der Waals surface area contributed by atoms with E-state index < -0.39 is 5.91 Å². The maximum atomic E-state index is 12.3. The molecule has 0 aliphatic carbocycles. The predicted molar refractivity (Wildman–Crippen MR) is 107 cm³/mol. The number of benzene rings is 2. The van der Waals surface area contributed by atoms with E-state index in [0.29, 0.717) is 5.69 Å². The van der Waals surface area contributed by atoms with Crippen molar-refractivity contribution in [3.05, 3.63) is 63.6 Å². The fourth-order valence-electron chi connectivity index (χ4n) is 2.31. The van der Waals surface area contributed by atoms with Crippen LogP contribution in [0, 0.1) is 11.3 Å². The molecule has 4 nitrogen and oxygen atoms in total. The summed E-state index contributed by atoms with van der Waals surface area (Å²) >= 11 is 3.51. The minimum atomic E-state index is -0.417. The molecule has 5 heteroatoms. The molecule has 0 aromatic heterocycles. The summed E-state index contributed by atoms with van der Waals surface area (Å²) in [4.78, 5) is 14.3. The number of amides is 1. The first-order chi connectivity index (χ1) is 11.9. The Morgan fingerprint density at radius 1 is 1.24 bits per heavy atom. The first-order valence-electron chi connectivity index (χ1n) is 7.93. The molecular weight excluding hydrogens is 378 g/mol. The van der Waals surface area contributed by atoms with Gasteiger partial charge in [0.05, 0.1) is 5.69 Å². The SMILES string of the molecule is CCc1ccc(NC(=O)C(C#N)=Cc2ccc(N(C)C)c(Br)c2)cc1. The van der Waals surface area contributed by atoms with Crippen LogP contribution in [0.5, 0.6) is 0 Å². The lowest BCUT2D eigenvalue weighted by Crippen LogP contribution is -2.13. The number of carbonyl (C=O) groups is 1. The van der Waals surface area contributed by atoms with Crippen LogP contribution in [-0.2, 0) is 11.2 Å². The smallest absolute Gasteiger partial charge is 0.266 e. The van der Waals surface area contributed by atoms with Gasteiger partial charge in [-0.05, 0) is 63.8 Å². The van der Waals surface area contributed by atoms with Crippen molar-refractivity contribution in [3.8, 4) is 6.07 Å². The van der Waals surface area contributed by atoms with E-state index in [1.54, 1.807) is 6.08 Å². The van der Waals surface area contributed by atoms with Crippen LogP contribution in [0.2, 0.25) is 0 Å². The molecule has 0 aliphatic rings. The highest BCUT2D eigenvalue weighted by Crippen LogP contribution is 2.26. The molecule has 0 fully saturated rings. The molecule has 0 spiro atoms. The molecule has 0 atom stereocenters. The van der Waals surface area contributed by atoms with Crippen LogP contribution < -0.4 is 10.2 Å². The highest BCUT2D eigenvalue weighted by Gasteiger charge is 2.10. The maximum absolute atomic E-state index is 12.3. The van der Waals surface area contributed by atoms with Gasteiger partial charge in [-0.2, -0.15) is 5.26 Å². The average Bonchev–Trinajstić information content (AvgIpc) is 2.60. The summed E-state index contributed by atoms with van der Waals surface area (Å²) in [6, 6.07) is 15.3. The van der Waals surface area contributed by atoms with Crippen LogP contribution in [0.3, 0.4) is 0 Å². The van der Waals surface area contributed by atoms with Gasteiger partial charge in [-0.1, -0.05) is 25.1 Å². The third kappa shape index (κ3) is 4.94. The molecule has 0 unspecified atom stereocenters. The predicted octanol–water partition coefficient (Wildman–Crippen LogP) is 4.62. The molecule has 0 bridgehead atoms. The average molecular weight is 398 g/mol. The minimum absolute atomic E-state index is 0.0593. The Labute approximate surface area is 156 Å². The van der Waals surface area contributed by atoms with E-state index in [1.807, 2.05) is 67.5 Å². The summed E-state index contributed by atoms with van der Waals surface area (Å²) in [7, 11) is 3.90. The van der Waals surface area contributed by atoms with Gasteiger partial charge in [0.1, 0.15) is 11.6 Å². The molecule has 2 aromatic rings. The third-order valence-corrected chi connectivity index (χ3v) is 4.38. The van der Waals surface area contributed by atoms with E-state index in [-0.39, 0.29) is 5.57 Å². The standard InChI is InChI=1S/C20H20BrN3O/c1-4-14-5-8-17(9-6-14)23-20(25)16(13-22)11-15-7-10-19(24(2)3)18(21)12-15/h5-12H,4H2,1-3H3,(H,23,25). The van der Waals surface area contributed by atoms with Crippen LogP contribution in [0.15, 0.2) is 52.5 Å². The molecule has 0 saturated heterocycles. The summed E-state index contributed by atoms with van der Waals surface area (Å²) in [5, 5.41) is 12.1. The zero-order valence-electron chi connectivity index (χ0n) is 14.5. The van der Waals surface area contributed by atoms with Crippen molar-refractivity contribution in [3.63, 3.8) is 0 Å². The third-order valence-electron chi connectivity index (χ3n) is 3.75. The number of rotatable bonds is 5. The van der Waals surface area contributed by atoms with E-state index >= 15 is 0 Å². The van der Waals surface area contributed by atoms with E-state index in [4.69, 9.17) is 0 Å². The Balaban J connectivity index is 2.20. The second kappa shape index (κ2) is 8.50. The summed E-state index contributed by atoms with van der Waals surface area (Å²) in [5.74, 6) is -0.417. The van der Waals surface area contributed by atoms with Crippen molar-refractivity contribution in [1.82, 2.24) is 0 Å². The first-order valence-corrected chi connectivity index (χ1v) is 8.73. The molecule has 1 amide bonds. The van der Waals surface area contributed by atoms with Crippen LogP contribution in [0.1, 0.15) is 18.1 Å². The lowest BCUT2D eigenvalue weighted by molar-refractivity contribution is -0.112. The Bertz CT molecular complexity index is 833. The Kier molecular flexibility index (Phi) is 6.37. The fourth-order valence-corrected chi connectivity index (χ4v) is 3.06. The van der Waals surface area contributed by atoms with Crippen LogP contribution in [-0.4, -0.2) is 20.0 Å². The van der Waals surface area contributed by atoms with Gasteiger partial charge in [-0.15, -0.1) is 0 Å². The first kappa shape index (κ1) is 18.8. The van der Waals surface area contributed by atoms with Gasteiger partial charge < -0.3 is 10.2 Å². The summed E-state index contributed by atoms with van der Waals surface area (Å²) in [5.41, 5.74) is 3.73. The van der Waals surface area contributed by atoms with Gasteiger partial charge in [-0.25, -0.2) is 0 Å². The largest absolute Gasteiger partial charge is 0.377 e. The Morgan fingerprint density at radius 2 is 1.92 bits per heavy atom. The number of anilines is 2. The fraction of sp³-hybridized carbons (Fsp3) is 0.200. The monoisotopic (exact) mass is 397 g/mol. The lowest BCUT2D eigenvalue weighted by atomic mass is 10.1. The zero-order chi connectivity index (χ0) is 18.4. The highest BCUT2D eigenvalue weighted by atomic mass is 79.9. The van der Waals surface area contributed by atoms with Crippen molar-refractivity contribution < 1.29 is 4.79 Å². The summed E-state index contributed by atoms with van der Waals surface area (Å²) in [6.45, 7) is 2.07. The van der Waals surface area contributed by atoms with Gasteiger partial charge >= 0.3 is 0 Å². The molecule has 1 N–H and O–H groups in total. The number of nitrogens with zero attached hydrogens (tertiary/aromatic N) is 2. The second-order valence-corrected chi connectivity index (χ2v) is 6.63. The topological polar surface area (TPSA) is 56.1 Å². The number of hydrogen-bond donors (Lipinski definition) is 1. The van der Waals surface area contributed by atoms with Gasteiger partial charge in [0, 0.05) is 24.3 Å². The van der Waals surface area contributed by atoms with Gasteiger partial charge in [0.15, 0.2) is 0 Å². The van der Waals surface area contributed by atoms with Crippen molar-refractivity contribution in [1.29, 1.82) is 5.26 Å². The molecule has 0 heterocycles. The van der Waals surface area contributed by atoms with E-state index in [9.17, 15) is 10.1 Å². The van der Waals surface area contributed by atoms with Crippen molar-refractivity contribution in [2.75, 3.05) is 24.3 Å². The molecule has 0 radical (unpaired) electrons. The normalized spacial score (nSPS) is 10.9. The number of aryl methyl sites for hydroxylation is 1. The quantitative estimate of drug-likeness (QED) is 0.591. The molecule has 128 valence electrons. The molecule has 0 aliphatic heterocycles. The van der Waals surface area contributed by atoms with Crippen molar-refractivity contribution in [2.24, 2.45) is 0 Å². The molecule has 0 saturated carbocycles. The Hall–Kier alpha value is -2.58. The van der Waals surface area contributed by atoms with Crippen molar-refractivity contribution >= 4 is 39.3 Å². The number of nitrogens with one attached hydrogen (secondary N) is 1. The second-order valence-electron chi connectivity index (χ2n) is 5.78. The Morgan fingerprint density at radius 3 is 2.44 bits per heavy atom. The zero-order valence-corrected chi connectivity index (χ0v) is 16.1. The van der Waals surface area contributed by atoms with Crippen molar-refractivity contribution in [2.45, 2.75) is 13.3 Å². The molecule has 2 aromatic carbocycles. The summed E-state index contributed by atoms with van der Waals surface area (Å²) in [6.07, 6.45) is 2.52. The summed E-state index contributed by atoms with van der Waals surface area (Å²) < 4.78 is 0.902. The van der Waals surface area contributed by atoms with E-state index in [2.05, 4.69) is 28.2 Å². The van der Waals surface area contributed by atoms with E-state index in [0.717, 1.165) is 22.1 Å². The van der Waals surface area contributed by atoms with Gasteiger partial charge in [-0.3, -0.25) is 4.79 Å². The van der Waals surface area contributed by atoms with Gasteiger partial charge in [0.2, 0.25) is 0 Å². The highest BCUT2D eigenvalue weighted by molar-refractivity contribution is 9.10.